The number of aryl methyl sites for hydroxylation is 2. The molecule has 0 saturated carbocycles. The standard InChI is InChI=1S/C24H27N3O2/c1-18-14-21(15-19(2)23(18)29-17-20-8-6-11-25-16-20)24(28)27-13-7-12-26-22-9-4-3-5-10-22/h3-6,8-11,14-16,26H,7,12-13,17H2,1-2H3,(H,27,28). The third-order valence-electron chi connectivity index (χ3n) is 4.57. The molecule has 0 fully saturated rings. The van der Waals surface area contributed by atoms with E-state index in [2.05, 4.69) is 15.6 Å². The van der Waals surface area contributed by atoms with Gasteiger partial charge in [-0.05, 0) is 61.7 Å². The molecule has 29 heavy (non-hydrogen) atoms. The molecule has 150 valence electrons. The van der Waals surface area contributed by atoms with Gasteiger partial charge < -0.3 is 15.4 Å². The molecule has 0 spiro atoms. The first-order chi connectivity index (χ1) is 14.1. The van der Waals surface area contributed by atoms with Crippen LogP contribution in [0, 0.1) is 13.8 Å². The minimum Gasteiger partial charge on any atom is -0.488 e. The molecule has 0 atom stereocenters. The van der Waals surface area contributed by atoms with Gasteiger partial charge in [0, 0.05) is 42.3 Å². The van der Waals surface area contributed by atoms with Gasteiger partial charge in [-0.2, -0.15) is 0 Å². The molecule has 0 radical (unpaired) electrons. The number of nitrogens with one attached hydrogen (secondary N) is 2. The van der Waals surface area contributed by atoms with Crippen molar-refractivity contribution in [1.82, 2.24) is 10.3 Å². The van der Waals surface area contributed by atoms with Crippen molar-refractivity contribution in [3.63, 3.8) is 0 Å². The van der Waals surface area contributed by atoms with Gasteiger partial charge in [0.2, 0.25) is 0 Å². The van der Waals surface area contributed by atoms with E-state index in [0.717, 1.165) is 41.1 Å². The van der Waals surface area contributed by atoms with Crippen LogP contribution < -0.4 is 15.4 Å². The maximum absolute atomic E-state index is 12.5. The van der Waals surface area contributed by atoms with Crippen molar-refractivity contribution >= 4 is 11.6 Å². The van der Waals surface area contributed by atoms with Gasteiger partial charge in [-0.1, -0.05) is 24.3 Å². The summed E-state index contributed by atoms with van der Waals surface area (Å²) in [7, 11) is 0. The van der Waals surface area contributed by atoms with E-state index in [1.807, 2.05) is 68.4 Å². The fourth-order valence-corrected chi connectivity index (χ4v) is 3.13. The number of carbonyl (C=O) groups excluding carboxylic acids is 1. The number of nitrogens with zero attached hydrogens (tertiary/aromatic N) is 1. The first-order valence-corrected chi connectivity index (χ1v) is 9.83. The first-order valence-electron chi connectivity index (χ1n) is 9.83. The predicted octanol–water partition coefficient (Wildman–Crippen LogP) is 4.51. The van der Waals surface area contributed by atoms with E-state index < -0.39 is 0 Å². The Balaban J connectivity index is 1.49. The molecular weight excluding hydrogens is 362 g/mol. The monoisotopic (exact) mass is 389 g/mol. The number of benzene rings is 2. The van der Waals surface area contributed by atoms with E-state index in [1.165, 1.54) is 0 Å². The Morgan fingerprint density at radius 2 is 1.76 bits per heavy atom. The third kappa shape index (κ3) is 6.07. The molecule has 2 N–H and O–H groups in total. The fourth-order valence-electron chi connectivity index (χ4n) is 3.13. The van der Waals surface area contributed by atoms with Crippen LogP contribution in [-0.2, 0) is 6.61 Å². The quantitative estimate of drug-likeness (QED) is 0.529. The molecule has 0 bridgehead atoms. The molecule has 1 aromatic heterocycles. The largest absolute Gasteiger partial charge is 0.488 e. The summed E-state index contributed by atoms with van der Waals surface area (Å²) in [6.45, 7) is 5.81. The molecule has 0 unspecified atom stereocenters. The smallest absolute Gasteiger partial charge is 0.251 e. The molecule has 5 nitrogen and oxygen atoms in total. The lowest BCUT2D eigenvalue weighted by Gasteiger charge is -2.14. The topological polar surface area (TPSA) is 63.2 Å². The number of hydrogen-bond donors (Lipinski definition) is 2. The van der Waals surface area contributed by atoms with E-state index in [4.69, 9.17) is 4.74 Å². The molecule has 0 aliphatic rings. The van der Waals surface area contributed by atoms with E-state index >= 15 is 0 Å². The van der Waals surface area contributed by atoms with Crippen LogP contribution in [0.3, 0.4) is 0 Å². The van der Waals surface area contributed by atoms with Crippen molar-refractivity contribution < 1.29 is 9.53 Å². The Bertz CT molecular complexity index is 904. The van der Waals surface area contributed by atoms with E-state index in [9.17, 15) is 4.79 Å². The Kier molecular flexibility index (Phi) is 7.22. The van der Waals surface area contributed by atoms with Gasteiger partial charge >= 0.3 is 0 Å². The van der Waals surface area contributed by atoms with Crippen LogP contribution in [0.15, 0.2) is 67.0 Å². The highest BCUT2D eigenvalue weighted by molar-refractivity contribution is 5.94. The second-order valence-corrected chi connectivity index (χ2v) is 6.99. The number of pyridine rings is 1. The van der Waals surface area contributed by atoms with Gasteiger partial charge in [-0.15, -0.1) is 0 Å². The maximum atomic E-state index is 12.5. The molecule has 1 amide bonds. The minimum absolute atomic E-state index is 0.0604. The second kappa shape index (κ2) is 10.3. The van der Waals surface area contributed by atoms with Gasteiger partial charge in [0.15, 0.2) is 0 Å². The Morgan fingerprint density at radius 1 is 1.00 bits per heavy atom. The molecular formula is C24H27N3O2. The van der Waals surface area contributed by atoms with Crippen molar-refractivity contribution in [3.05, 3.63) is 89.2 Å². The average Bonchev–Trinajstić information content (AvgIpc) is 2.74. The average molecular weight is 389 g/mol. The summed E-state index contributed by atoms with van der Waals surface area (Å²) in [5, 5.41) is 6.33. The van der Waals surface area contributed by atoms with E-state index in [-0.39, 0.29) is 5.91 Å². The summed E-state index contributed by atoms with van der Waals surface area (Å²) < 4.78 is 5.96. The first kappa shape index (κ1) is 20.4. The number of anilines is 1. The maximum Gasteiger partial charge on any atom is 0.251 e. The number of para-hydroxylation sites is 1. The fraction of sp³-hybridized carbons (Fsp3) is 0.250. The van der Waals surface area contributed by atoms with Crippen LogP contribution in [0.1, 0.15) is 33.5 Å². The van der Waals surface area contributed by atoms with Crippen molar-refractivity contribution in [1.29, 1.82) is 0 Å². The van der Waals surface area contributed by atoms with Crippen LogP contribution in [0.2, 0.25) is 0 Å². The summed E-state index contributed by atoms with van der Waals surface area (Å²) in [5.41, 5.74) is 4.66. The molecule has 3 rings (SSSR count). The van der Waals surface area contributed by atoms with Crippen molar-refractivity contribution in [2.45, 2.75) is 26.9 Å². The summed E-state index contributed by atoms with van der Waals surface area (Å²) in [6, 6.07) is 17.7. The van der Waals surface area contributed by atoms with Crippen LogP contribution >= 0.6 is 0 Å². The SMILES string of the molecule is Cc1cc(C(=O)NCCCNc2ccccc2)cc(C)c1OCc1cccnc1. The highest BCUT2D eigenvalue weighted by Crippen LogP contribution is 2.25. The molecule has 0 aliphatic carbocycles. The summed E-state index contributed by atoms with van der Waals surface area (Å²) in [6.07, 6.45) is 4.38. The number of ether oxygens (including phenoxy) is 1. The summed E-state index contributed by atoms with van der Waals surface area (Å²) >= 11 is 0. The van der Waals surface area contributed by atoms with Crippen LogP contribution in [-0.4, -0.2) is 24.0 Å². The molecule has 5 heteroatoms. The molecule has 2 aromatic carbocycles. The number of aromatic nitrogens is 1. The van der Waals surface area contributed by atoms with Crippen LogP contribution in [0.4, 0.5) is 5.69 Å². The number of amides is 1. The lowest BCUT2D eigenvalue weighted by atomic mass is 10.0. The molecule has 0 saturated heterocycles. The van der Waals surface area contributed by atoms with Gasteiger partial charge in [0.05, 0.1) is 0 Å². The van der Waals surface area contributed by atoms with Crippen LogP contribution in [0.25, 0.3) is 0 Å². The Hall–Kier alpha value is -3.34. The zero-order valence-corrected chi connectivity index (χ0v) is 16.9. The van der Waals surface area contributed by atoms with Crippen molar-refractivity contribution in [2.24, 2.45) is 0 Å². The summed E-state index contributed by atoms with van der Waals surface area (Å²) in [5.74, 6) is 0.757. The normalized spacial score (nSPS) is 10.4. The van der Waals surface area contributed by atoms with E-state index in [0.29, 0.717) is 18.7 Å². The number of rotatable bonds is 9. The zero-order valence-electron chi connectivity index (χ0n) is 16.9. The predicted molar refractivity (Wildman–Crippen MR) is 116 cm³/mol. The lowest BCUT2D eigenvalue weighted by molar-refractivity contribution is 0.0953. The highest BCUT2D eigenvalue weighted by Gasteiger charge is 2.12. The summed E-state index contributed by atoms with van der Waals surface area (Å²) in [4.78, 5) is 16.6. The second-order valence-electron chi connectivity index (χ2n) is 6.99. The van der Waals surface area contributed by atoms with Crippen LogP contribution in [0.5, 0.6) is 5.75 Å². The van der Waals surface area contributed by atoms with E-state index in [1.54, 1.807) is 12.4 Å². The third-order valence-corrected chi connectivity index (χ3v) is 4.57. The van der Waals surface area contributed by atoms with Crippen molar-refractivity contribution in [3.8, 4) is 5.75 Å². The Labute approximate surface area is 172 Å². The zero-order chi connectivity index (χ0) is 20.5. The van der Waals surface area contributed by atoms with Crippen molar-refractivity contribution in [2.75, 3.05) is 18.4 Å². The molecule has 3 aromatic rings. The van der Waals surface area contributed by atoms with Gasteiger partial charge in [-0.25, -0.2) is 0 Å². The molecule has 1 heterocycles. The molecule has 0 aliphatic heterocycles. The minimum atomic E-state index is -0.0604. The lowest BCUT2D eigenvalue weighted by Crippen LogP contribution is -2.26. The Morgan fingerprint density at radius 3 is 2.45 bits per heavy atom. The number of hydrogen-bond acceptors (Lipinski definition) is 4. The highest BCUT2D eigenvalue weighted by atomic mass is 16.5. The van der Waals surface area contributed by atoms with Gasteiger partial charge in [-0.3, -0.25) is 9.78 Å². The van der Waals surface area contributed by atoms with Gasteiger partial charge in [0.25, 0.3) is 5.91 Å². The number of carbonyl (C=O) groups is 1. The van der Waals surface area contributed by atoms with Gasteiger partial charge in [0.1, 0.15) is 12.4 Å².